The minimum atomic E-state index is -6.10. The van der Waals surface area contributed by atoms with E-state index in [0.29, 0.717) is 21.6 Å². The Hall–Kier alpha value is -4.30. The average molecular weight is 543 g/mol. The molecule has 202 valence electrons. The van der Waals surface area contributed by atoms with Crippen LogP contribution in [0.25, 0.3) is 0 Å². The zero-order chi connectivity index (χ0) is 27.9. The molecule has 2 N–H and O–H groups in total. The maximum atomic E-state index is 14.3. The molecule has 0 spiro atoms. The highest BCUT2D eigenvalue weighted by Gasteiger charge is 2.75. The van der Waals surface area contributed by atoms with Crippen LogP contribution in [-0.2, 0) is 18.5 Å². The Kier molecular flexibility index (Phi) is 6.71. The van der Waals surface area contributed by atoms with E-state index < -0.39 is 52.9 Å². The molecular formula is C23H19F6N5O4. The van der Waals surface area contributed by atoms with E-state index in [1.807, 2.05) is 0 Å². The summed E-state index contributed by atoms with van der Waals surface area (Å²) in [6.45, 7) is -0.410. The van der Waals surface area contributed by atoms with Crippen molar-refractivity contribution < 1.29 is 35.8 Å². The lowest BCUT2D eigenvalue weighted by atomic mass is 9.87. The number of nitrogens with zero attached hydrogens (tertiary/aromatic N) is 3. The molecule has 38 heavy (non-hydrogen) atoms. The lowest BCUT2D eigenvalue weighted by molar-refractivity contribution is -0.301. The van der Waals surface area contributed by atoms with Gasteiger partial charge >= 0.3 is 18.0 Å². The third-order valence-electron chi connectivity index (χ3n) is 5.91. The second kappa shape index (κ2) is 9.54. The van der Waals surface area contributed by atoms with E-state index in [1.54, 1.807) is 17.1 Å². The van der Waals surface area contributed by atoms with Gasteiger partial charge in [-0.25, -0.2) is 9.79 Å². The zero-order valence-corrected chi connectivity index (χ0v) is 19.7. The molecule has 0 atom stereocenters. The highest BCUT2D eigenvalue weighted by Crippen LogP contribution is 2.55. The van der Waals surface area contributed by atoms with Crippen molar-refractivity contribution in [2.75, 3.05) is 19.5 Å². The summed E-state index contributed by atoms with van der Waals surface area (Å²) >= 11 is 0. The molecule has 2 aromatic heterocycles. The van der Waals surface area contributed by atoms with E-state index in [4.69, 9.17) is 9.47 Å². The molecule has 0 unspecified atom stereocenters. The van der Waals surface area contributed by atoms with Crippen LogP contribution >= 0.6 is 0 Å². The first-order valence-corrected chi connectivity index (χ1v) is 10.8. The molecule has 1 aromatic carbocycles. The third kappa shape index (κ3) is 4.37. The standard InChI is InChI=1S/C23H19F6N5O4/c1-37-14-6-5-12(10-15(14)38-2)7-9-34-18-16(19(35)32-20(34)36)21(22(24,25)26,23(27,28)29)33-17(31-18)13-4-3-8-30-11-13/h3-6,8,10-11H,7,9H2,1-2H3,(H,31,33)(H,32,35,36). The fourth-order valence-electron chi connectivity index (χ4n) is 4.10. The summed E-state index contributed by atoms with van der Waals surface area (Å²) in [6, 6.07) is 7.12. The number of methoxy groups -OCH3 is 2. The Labute approximate surface area is 209 Å². The Morgan fingerprint density at radius 3 is 2.26 bits per heavy atom. The zero-order valence-electron chi connectivity index (χ0n) is 19.7. The van der Waals surface area contributed by atoms with E-state index in [2.05, 4.69) is 15.3 Å². The molecule has 3 heterocycles. The average Bonchev–Trinajstić information content (AvgIpc) is 2.86. The van der Waals surface area contributed by atoms with E-state index in [1.165, 1.54) is 38.6 Å². The molecule has 3 aromatic rings. The molecule has 0 saturated heterocycles. The van der Waals surface area contributed by atoms with Crippen LogP contribution in [0.5, 0.6) is 11.5 Å². The maximum Gasteiger partial charge on any atom is 0.427 e. The number of anilines is 1. The second-order valence-corrected chi connectivity index (χ2v) is 8.11. The Bertz CT molecular complexity index is 1480. The summed E-state index contributed by atoms with van der Waals surface area (Å²) in [5.74, 6) is -1.15. The first-order chi connectivity index (χ1) is 17.8. The Morgan fingerprint density at radius 2 is 1.68 bits per heavy atom. The van der Waals surface area contributed by atoms with Crippen LogP contribution in [-0.4, -0.2) is 46.9 Å². The Morgan fingerprint density at radius 1 is 1.00 bits per heavy atom. The summed E-state index contributed by atoms with van der Waals surface area (Å²) in [7, 11) is 2.78. The van der Waals surface area contributed by atoms with Crippen molar-refractivity contribution in [2.45, 2.75) is 30.9 Å². The van der Waals surface area contributed by atoms with Crippen LogP contribution in [0.3, 0.4) is 0 Å². The smallest absolute Gasteiger partial charge is 0.427 e. The quantitative estimate of drug-likeness (QED) is 0.462. The largest absolute Gasteiger partial charge is 0.493 e. The van der Waals surface area contributed by atoms with Crippen molar-refractivity contribution in [3.63, 3.8) is 0 Å². The molecule has 0 bridgehead atoms. The number of rotatable bonds is 6. The van der Waals surface area contributed by atoms with Crippen molar-refractivity contribution in [3.05, 3.63) is 80.3 Å². The minimum Gasteiger partial charge on any atom is -0.493 e. The summed E-state index contributed by atoms with van der Waals surface area (Å²) in [6.07, 6.45) is -9.99. The molecule has 0 amide bonds. The van der Waals surface area contributed by atoms with Crippen LogP contribution < -0.4 is 26.0 Å². The minimum absolute atomic E-state index is 0.0369. The number of alkyl halides is 6. The number of fused-ring (bicyclic) bond motifs is 1. The number of halogens is 6. The highest BCUT2D eigenvalue weighted by molar-refractivity contribution is 6.09. The number of benzene rings is 1. The van der Waals surface area contributed by atoms with Crippen molar-refractivity contribution >= 4 is 11.7 Å². The van der Waals surface area contributed by atoms with Crippen molar-refractivity contribution in [2.24, 2.45) is 4.99 Å². The van der Waals surface area contributed by atoms with Crippen LogP contribution in [0, 0.1) is 0 Å². The van der Waals surface area contributed by atoms with Gasteiger partial charge in [-0.15, -0.1) is 0 Å². The molecule has 0 radical (unpaired) electrons. The van der Waals surface area contributed by atoms with Crippen molar-refractivity contribution in [1.29, 1.82) is 0 Å². The summed E-state index contributed by atoms with van der Waals surface area (Å²) < 4.78 is 97.0. The number of aromatic nitrogens is 3. The number of amidine groups is 1. The Balaban J connectivity index is 1.93. The summed E-state index contributed by atoms with van der Waals surface area (Å²) in [5, 5.41) is 2.35. The van der Waals surface area contributed by atoms with Gasteiger partial charge in [-0.1, -0.05) is 6.07 Å². The molecule has 0 aliphatic carbocycles. The van der Waals surface area contributed by atoms with Crippen LogP contribution in [0.1, 0.15) is 16.7 Å². The summed E-state index contributed by atoms with van der Waals surface area (Å²) in [5.41, 5.74) is -9.55. The van der Waals surface area contributed by atoms with Gasteiger partial charge in [-0.2, -0.15) is 26.3 Å². The number of H-pyrrole nitrogens is 1. The van der Waals surface area contributed by atoms with Gasteiger partial charge in [0.25, 0.3) is 11.1 Å². The van der Waals surface area contributed by atoms with Gasteiger partial charge in [0.2, 0.25) is 0 Å². The molecule has 0 fully saturated rings. The number of ether oxygens (including phenoxy) is 2. The van der Waals surface area contributed by atoms with Crippen molar-refractivity contribution in [3.8, 4) is 11.5 Å². The topological polar surface area (TPSA) is 111 Å². The molecule has 1 aliphatic rings. The van der Waals surface area contributed by atoms with E-state index in [-0.39, 0.29) is 12.0 Å². The fraction of sp³-hybridized carbons (Fsp3) is 0.304. The number of aliphatic imine (C=N–C) groups is 1. The SMILES string of the molecule is COc1ccc(CCn2c3c(c(=O)[nH]c2=O)C(C(F)(F)F)(C(F)(F)F)N=C(c2cccnc2)N3)cc1OC. The fourth-order valence-corrected chi connectivity index (χ4v) is 4.10. The van der Waals surface area contributed by atoms with Gasteiger partial charge in [0.05, 0.1) is 14.2 Å². The molecule has 4 rings (SSSR count). The lowest BCUT2D eigenvalue weighted by Gasteiger charge is -2.38. The molecule has 9 nitrogen and oxygen atoms in total. The van der Waals surface area contributed by atoms with Crippen LogP contribution in [0.4, 0.5) is 32.2 Å². The van der Waals surface area contributed by atoms with Gasteiger partial charge in [0, 0.05) is 24.5 Å². The number of aromatic amines is 1. The van der Waals surface area contributed by atoms with E-state index in [9.17, 15) is 35.9 Å². The molecule has 15 heteroatoms. The second-order valence-electron chi connectivity index (χ2n) is 8.11. The first-order valence-electron chi connectivity index (χ1n) is 10.8. The third-order valence-corrected chi connectivity index (χ3v) is 5.91. The molecule has 0 saturated carbocycles. The van der Waals surface area contributed by atoms with E-state index >= 15 is 0 Å². The summed E-state index contributed by atoms with van der Waals surface area (Å²) in [4.78, 5) is 33.6. The number of hydrogen-bond donors (Lipinski definition) is 2. The number of nitrogens with one attached hydrogen (secondary N) is 2. The number of hydrogen-bond acceptors (Lipinski definition) is 7. The monoisotopic (exact) mass is 543 g/mol. The van der Waals surface area contributed by atoms with Crippen molar-refractivity contribution in [1.82, 2.24) is 14.5 Å². The first kappa shape index (κ1) is 26.8. The van der Waals surface area contributed by atoms with Gasteiger partial charge < -0.3 is 14.8 Å². The predicted molar refractivity (Wildman–Crippen MR) is 123 cm³/mol. The molecular weight excluding hydrogens is 524 g/mol. The number of pyridine rings is 1. The lowest BCUT2D eigenvalue weighted by Crippen LogP contribution is -2.59. The van der Waals surface area contributed by atoms with Crippen LogP contribution in [0.15, 0.2) is 57.3 Å². The van der Waals surface area contributed by atoms with E-state index in [0.717, 1.165) is 6.20 Å². The van der Waals surface area contributed by atoms with Gasteiger partial charge in [0.1, 0.15) is 17.2 Å². The highest BCUT2D eigenvalue weighted by atomic mass is 19.4. The molecule has 1 aliphatic heterocycles. The van der Waals surface area contributed by atoms with Gasteiger partial charge in [0.15, 0.2) is 11.5 Å². The maximum absolute atomic E-state index is 14.3. The van der Waals surface area contributed by atoms with Crippen LogP contribution in [0.2, 0.25) is 0 Å². The van der Waals surface area contributed by atoms with Gasteiger partial charge in [-0.3, -0.25) is 19.3 Å². The predicted octanol–water partition coefficient (Wildman–Crippen LogP) is 3.38. The van der Waals surface area contributed by atoms with Gasteiger partial charge in [-0.05, 0) is 36.2 Å². The number of aryl methyl sites for hydroxylation is 1. The normalized spacial score (nSPS) is 14.8.